The van der Waals surface area contributed by atoms with Crippen molar-refractivity contribution in [3.05, 3.63) is 22.7 Å². The molecule has 0 radical (unpaired) electrons. The number of hydrogen-bond acceptors (Lipinski definition) is 13. The molecule has 0 bridgehead atoms. The first-order valence-electron chi connectivity index (χ1n) is 8.86. The van der Waals surface area contributed by atoms with Crippen molar-refractivity contribution in [1.29, 1.82) is 0 Å². The predicted octanol–water partition coefficient (Wildman–Crippen LogP) is -3.56. The minimum absolute atomic E-state index is 0.00600. The molecule has 1 aromatic rings. The van der Waals surface area contributed by atoms with E-state index < -0.39 is 56.5 Å². The molecule has 0 aliphatic carbocycles. The number of aromatic nitrogens is 2. The predicted molar refractivity (Wildman–Crippen MR) is 106 cm³/mol. The van der Waals surface area contributed by atoms with Gasteiger partial charge in [-0.15, -0.1) is 0 Å². The summed E-state index contributed by atoms with van der Waals surface area (Å²) in [6.07, 6.45) is -4.03. The van der Waals surface area contributed by atoms with Crippen LogP contribution in [0.15, 0.2) is 17.1 Å². The number of carbonyl (C=O) groups is 2. The van der Waals surface area contributed by atoms with Crippen LogP contribution in [0.5, 0.6) is 0 Å². The molecule has 0 aromatic carbocycles. The van der Waals surface area contributed by atoms with Crippen LogP contribution in [-0.2, 0) is 32.9 Å². The van der Waals surface area contributed by atoms with Crippen molar-refractivity contribution in [2.45, 2.75) is 24.5 Å². The highest BCUT2D eigenvalue weighted by atomic mass is 31.2. The Hall–Kier alpha value is -2.43. The minimum Gasteiger partial charge on any atom is -0.468 e. The summed E-state index contributed by atoms with van der Waals surface area (Å²) in [5, 5.41) is 22.2. The molecule has 8 N–H and O–H groups in total. The van der Waals surface area contributed by atoms with Crippen LogP contribution in [0.1, 0.15) is 6.23 Å². The number of aliphatic hydroxyl groups is 2. The number of nitrogen functional groups attached to an aromatic ring is 1. The molecule has 32 heavy (non-hydrogen) atoms. The van der Waals surface area contributed by atoms with Gasteiger partial charge in [0.15, 0.2) is 6.23 Å². The van der Waals surface area contributed by atoms with Crippen molar-refractivity contribution < 1.29 is 48.0 Å². The largest absolute Gasteiger partial charge is 0.468 e. The van der Waals surface area contributed by atoms with Crippen LogP contribution in [0.2, 0.25) is 0 Å². The van der Waals surface area contributed by atoms with Gasteiger partial charge in [0.1, 0.15) is 24.1 Å². The molecule has 5 atom stereocenters. The fourth-order valence-corrected chi connectivity index (χ4v) is 2.67. The van der Waals surface area contributed by atoms with E-state index in [4.69, 9.17) is 20.9 Å². The highest BCUT2D eigenvalue weighted by Crippen LogP contribution is 2.35. The fourth-order valence-electron chi connectivity index (χ4n) is 2.31. The highest BCUT2D eigenvalue weighted by molar-refractivity contribution is 7.50. The van der Waals surface area contributed by atoms with Gasteiger partial charge in [0.05, 0.1) is 33.9 Å². The van der Waals surface area contributed by atoms with E-state index in [1.165, 1.54) is 26.5 Å². The van der Waals surface area contributed by atoms with Gasteiger partial charge in [-0.1, -0.05) is 0 Å². The molecule has 1 unspecified atom stereocenters. The Balaban J connectivity index is 0.000000396. The third-order valence-corrected chi connectivity index (χ3v) is 4.40. The second-order valence-corrected chi connectivity index (χ2v) is 7.59. The number of esters is 2. The van der Waals surface area contributed by atoms with Gasteiger partial charge < -0.3 is 35.1 Å². The molecule has 1 fully saturated rings. The Morgan fingerprint density at radius 1 is 1.25 bits per heavy atom. The van der Waals surface area contributed by atoms with Gasteiger partial charge in [-0.25, -0.2) is 14.9 Å². The van der Waals surface area contributed by atoms with E-state index in [0.717, 1.165) is 4.57 Å². The third-order valence-electron chi connectivity index (χ3n) is 3.88. The van der Waals surface area contributed by atoms with Gasteiger partial charge in [-0.2, -0.15) is 4.98 Å². The molecule has 0 saturated carbocycles. The molecule has 16 nitrogen and oxygen atoms in total. The molecule has 1 aliphatic rings. The van der Waals surface area contributed by atoms with E-state index in [9.17, 15) is 29.2 Å². The van der Waals surface area contributed by atoms with E-state index in [-0.39, 0.29) is 18.9 Å². The summed E-state index contributed by atoms with van der Waals surface area (Å²) < 4.78 is 30.1. The van der Waals surface area contributed by atoms with Gasteiger partial charge in [0.2, 0.25) is 0 Å². The lowest BCUT2D eigenvalue weighted by Gasteiger charge is -2.17. The molecule has 0 amide bonds. The lowest BCUT2D eigenvalue weighted by Crippen LogP contribution is -2.36. The summed E-state index contributed by atoms with van der Waals surface area (Å²) in [4.78, 5) is 44.8. The van der Waals surface area contributed by atoms with Crippen molar-refractivity contribution in [1.82, 2.24) is 14.9 Å². The standard InChI is InChI=1S/C9H15N4O7P.C6H11NO4/c10-5-1-2-13(9(16)12-5)8-7(15)6(14)4(20-8)3-19-21(11,17)18;1-10-5(8)3-7-4-6(9)11-2/h1-2,4,6-8,14-15H,3H2,(H2,10,12,16)(H3,11,17,18);7H,3-4H2,1-2H3/t4-,6-,7-,8-;/m1./s1. The summed E-state index contributed by atoms with van der Waals surface area (Å²) >= 11 is 0. The summed E-state index contributed by atoms with van der Waals surface area (Å²) in [6, 6.07) is 1.31. The fraction of sp³-hybridized carbons (Fsp3) is 0.600. The number of aliphatic hydroxyl groups excluding tert-OH is 2. The molecule has 1 saturated heterocycles. The second-order valence-electron chi connectivity index (χ2n) is 6.20. The Morgan fingerprint density at radius 3 is 2.28 bits per heavy atom. The Bertz CT molecular complexity index is 860. The average molecular weight is 483 g/mol. The van der Waals surface area contributed by atoms with Crippen LogP contribution in [0, 0.1) is 0 Å². The monoisotopic (exact) mass is 483 g/mol. The molecule has 1 aromatic heterocycles. The van der Waals surface area contributed by atoms with Crippen LogP contribution < -0.4 is 22.2 Å². The summed E-state index contributed by atoms with van der Waals surface area (Å²) in [6.45, 7) is -0.493. The van der Waals surface area contributed by atoms with E-state index in [2.05, 4.69) is 24.3 Å². The molecular formula is C15H26N5O11P. The Kier molecular flexibility index (Phi) is 10.8. The van der Waals surface area contributed by atoms with E-state index in [1.54, 1.807) is 0 Å². The quantitative estimate of drug-likeness (QED) is 0.155. The zero-order chi connectivity index (χ0) is 24.5. The van der Waals surface area contributed by atoms with Gasteiger partial charge in [0.25, 0.3) is 0 Å². The first kappa shape index (κ1) is 27.6. The lowest BCUT2D eigenvalue weighted by molar-refractivity contribution is -0.141. The van der Waals surface area contributed by atoms with Crippen LogP contribution in [0.3, 0.4) is 0 Å². The van der Waals surface area contributed by atoms with Crippen molar-refractivity contribution in [3.8, 4) is 0 Å². The van der Waals surface area contributed by atoms with Crippen molar-refractivity contribution in [2.24, 2.45) is 5.50 Å². The first-order chi connectivity index (χ1) is 14.9. The van der Waals surface area contributed by atoms with Crippen molar-refractivity contribution >= 4 is 25.5 Å². The maximum absolute atomic E-state index is 11.7. The average Bonchev–Trinajstić information content (AvgIpc) is 3.00. The number of rotatable bonds is 8. The molecular weight excluding hydrogens is 457 g/mol. The number of ether oxygens (including phenoxy) is 3. The van der Waals surface area contributed by atoms with Crippen LogP contribution in [0.4, 0.5) is 5.82 Å². The molecule has 2 heterocycles. The number of methoxy groups -OCH3 is 2. The zero-order valence-electron chi connectivity index (χ0n) is 17.2. The normalized spacial score (nSPS) is 24.1. The van der Waals surface area contributed by atoms with Crippen LogP contribution in [-0.4, -0.2) is 88.8 Å². The molecule has 2 rings (SSSR count). The van der Waals surface area contributed by atoms with Gasteiger partial charge in [0, 0.05) is 6.20 Å². The van der Waals surface area contributed by atoms with E-state index in [0.29, 0.717) is 0 Å². The number of nitrogens with two attached hydrogens (primary N) is 2. The molecule has 0 spiro atoms. The van der Waals surface area contributed by atoms with Gasteiger partial charge in [-0.3, -0.25) is 24.0 Å². The van der Waals surface area contributed by atoms with E-state index in [1.807, 2.05) is 0 Å². The van der Waals surface area contributed by atoms with Crippen LogP contribution >= 0.6 is 7.75 Å². The summed E-state index contributed by atoms with van der Waals surface area (Å²) in [7, 11) is -1.68. The van der Waals surface area contributed by atoms with E-state index >= 15 is 0 Å². The lowest BCUT2D eigenvalue weighted by atomic mass is 10.1. The number of nitrogens with one attached hydrogen (secondary N) is 1. The Morgan fingerprint density at radius 2 is 1.81 bits per heavy atom. The summed E-state index contributed by atoms with van der Waals surface area (Å²) in [5.74, 6) is -0.823. The molecule has 17 heteroatoms. The minimum atomic E-state index is -4.24. The highest BCUT2D eigenvalue weighted by Gasteiger charge is 2.44. The van der Waals surface area contributed by atoms with Crippen LogP contribution in [0.25, 0.3) is 0 Å². The molecule has 1 aliphatic heterocycles. The van der Waals surface area contributed by atoms with Gasteiger partial charge >= 0.3 is 25.4 Å². The third kappa shape index (κ3) is 8.97. The van der Waals surface area contributed by atoms with Crippen molar-refractivity contribution in [3.63, 3.8) is 0 Å². The second kappa shape index (κ2) is 12.6. The summed E-state index contributed by atoms with van der Waals surface area (Å²) in [5.41, 5.74) is 9.35. The number of hydrogen-bond donors (Lipinski definition) is 6. The first-order valence-corrected chi connectivity index (χ1v) is 10.5. The number of anilines is 1. The van der Waals surface area contributed by atoms with Crippen molar-refractivity contribution in [2.75, 3.05) is 39.6 Å². The Labute approximate surface area is 181 Å². The maximum atomic E-state index is 11.7. The SMILES string of the molecule is COC(=O)CNCC(=O)OC.Nc1ccn([C@@H]2O[C@H](COP(N)(=O)O)[C@@H](O)[C@H]2O)c(=O)n1. The number of carbonyl (C=O) groups excluding carboxylic acids is 2. The number of nitrogens with zero attached hydrogens (tertiary/aromatic N) is 2. The molecule has 182 valence electrons. The topological polar surface area (TPSA) is 248 Å². The zero-order valence-corrected chi connectivity index (χ0v) is 18.1. The van der Waals surface area contributed by atoms with Gasteiger partial charge in [-0.05, 0) is 6.07 Å². The smallest absolute Gasteiger partial charge is 0.400 e. The maximum Gasteiger partial charge on any atom is 0.400 e.